The highest BCUT2D eigenvalue weighted by Gasteiger charge is 2.14. The van der Waals surface area contributed by atoms with Gasteiger partial charge in [-0.15, -0.1) is 11.8 Å². The predicted octanol–water partition coefficient (Wildman–Crippen LogP) is 4.84. The summed E-state index contributed by atoms with van der Waals surface area (Å²) in [4.78, 5) is 21.0. The van der Waals surface area contributed by atoms with Gasteiger partial charge in [0.05, 0.1) is 5.56 Å². The van der Waals surface area contributed by atoms with Gasteiger partial charge in [0.2, 0.25) is 0 Å². The minimum absolute atomic E-state index is 0.172. The molecule has 0 spiro atoms. The highest BCUT2D eigenvalue weighted by Crippen LogP contribution is 2.28. The number of carbonyl (C=O) groups excluding carboxylic acids is 1. The molecule has 3 rings (SSSR count). The second-order valence-electron chi connectivity index (χ2n) is 5.92. The fourth-order valence-corrected chi connectivity index (χ4v) is 3.53. The molecule has 2 N–H and O–H groups in total. The molecule has 3 aromatic rings. The van der Waals surface area contributed by atoms with Crippen LogP contribution in [0.1, 0.15) is 29.3 Å². The van der Waals surface area contributed by atoms with E-state index in [2.05, 4.69) is 39.7 Å². The SMILES string of the molecule is CCCNc1ccccc1CSc1ncccc1C(=O)Nc1ccncc1. The molecule has 6 heteroatoms. The Morgan fingerprint density at radius 1 is 1.04 bits per heavy atom. The Kier molecular flexibility index (Phi) is 6.82. The molecule has 0 radical (unpaired) electrons. The van der Waals surface area contributed by atoms with Crippen molar-refractivity contribution < 1.29 is 4.79 Å². The van der Waals surface area contributed by atoms with Crippen LogP contribution < -0.4 is 10.6 Å². The first kappa shape index (κ1) is 18.9. The van der Waals surface area contributed by atoms with E-state index in [9.17, 15) is 4.79 Å². The molecule has 0 saturated carbocycles. The number of nitrogens with zero attached hydrogens (tertiary/aromatic N) is 2. The highest BCUT2D eigenvalue weighted by molar-refractivity contribution is 7.98. The molecule has 0 aliphatic heterocycles. The molecule has 0 atom stereocenters. The zero-order chi connectivity index (χ0) is 18.9. The van der Waals surface area contributed by atoms with Crippen molar-refractivity contribution in [2.45, 2.75) is 24.1 Å². The van der Waals surface area contributed by atoms with Crippen LogP contribution in [0.5, 0.6) is 0 Å². The van der Waals surface area contributed by atoms with Crippen molar-refractivity contribution in [3.05, 3.63) is 78.2 Å². The van der Waals surface area contributed by atoms with Crippen molar-refractivity contribution in [1.82, 2.24) is 9.97 Å². The zero-order valence-corrected chi connectivity index (χ0v) is 16.0. The molecule has 1 aromatic carbocycles. The second-order valence-corrected chi connectivity index (χ2v) is 6.88. The summed E-state index contributed by atoms with van der Waals surface area (Å²) in [5, 5.41) is 7.06. The molecule has 0 unspecified atom stereocenters. The van der Waals surface area contributed by atoms with E-state index in [4.69, 9.17) is 0 Å². The first-order valence-electron chi connectivity index (χ1n) is 8.89. The van der Waals surface area contributed by atoms with Gasteiger partial charge in [-0.05, 0) is 42.3 Å². The van der Waals surface area contributed by atoms with Gasteiger partial charge in [0.1, 0.15) is 5.03 Å². The van der Waals surface area contributed by atoms with Crippen LogP contribution in [0.15, 0.2) is 72.1 Å². The van der Waals surface area contributed by atoms with Crippen molar-refractivity contribution in [3.63, 3.8) is 0 Å². The largest absolute Gasteiger partial charge is 0.385 e. The summed E-state index contributed by atoms with van der Waals surface area (Å²) in [5.41, 5.74) is 3.61. The Balaban J connectivity index is 1.72. The number of pyridine rings is 2. The van der Waals surface area contributed by atoms with Crippen LogP contribution in [0.25, 0.3) is 0 Å². The molecule has 0 aliphatic carbocycles. The quantitative estimate of drug-likeness (QED) is 0.549. The summed E-state index contributed by atoms with van der Waals surface area (Å²) in [6, 6.07) is 15.3. The third kappa shape index (κ3) is 5.31. The molecule has 1 amide bonds. The maximum absolute atomic E-state index is 12.7. The normalized spacial score (nSPS) is 10.4. The van der Waals surface area contributed by atoms with Gasteiger partial charge >= 0.3 is 0 Å². The van der Waals surface area contributed by atoms with Crippen molar-refractivity contribution in [3.8, 4) is 0 Å². The van der Waals surface area contributed by atoms with Crippen molar-refractivity contribution >= 4 is 29.0 Å². The van der Waals surface area contributed by atoms with Crippen molar-refractivity contribution in [1.29, 1.82) is 0 Å². The van der Waals surface area contributed by atoms with Crippen LogP contribution in [0, 0.1) is 0 Å². The number of hydrogen-bond donors (Lipinski definition) is 2. The molecule has 2 aromatic heterocycles. The summed E-state index contributed by atoms with van der Waals surface area (Å²) < 4.78 is 0. The zero-order valence-electron chi connectivity index (χ0n) is 15.2. The van der Waals surface area contributed by atoms with Gasteiger partial charge in [0.25, 0.3) is 5.91 Å². The van der Waals surface area contributed by atoms with Gasteiger partial charge in [0, 0.05) is 42.3 Å². The van der Waals surface area contributed by atoms with E-state index >= 15 is 0 Å². The molecule has 0 bridgehead atoms. The fraction of sp³-hybridized carbons (Fsp3) is 0.190. The smallest absolute Gasteiger partial charge is 0.258 e. The topological polar surface area (TPSA) is 66.9 Å². The lowest BCUT2D eigenvalue weighted by Crippen LogP contribution is -2.13. The second kappa shape index (κ2) is 9.73. The maximum Gasteiger partial charge on any atom is 0.258 e. The van der Waals surface area contributed by atoms with Gasteiger partial charge in [0.15, 0.2) is 0 Å². The number of benzene rings is 1. The number of anilines is 2. The Labute approximate surface area is 163 Å². The number of amides is 1. The predicted molar refractivity (Wildman–Crippen MR) is 111 cm³/mol. The molecule has 5 nitrogen and oxygen atoms in total. The molecular formula is C21H22N4OS. The number of carbonyl (C=O) groups is 1. The van der Waals surface area contributed by atoms with Crippen molar-refractivity contribution in [2.75, 3.05) is 17.2 Å². The first-order chi connectivity index (χ1) is 13.3. The van der Waals surface area contributed by atoms with Crippen LogP contribution in [0.4, 0.5) is 11.4 Å². The van der Waals surface area contributed by atoms with Crippen LogP contribution in [0.3, 0.4) is 0 Å². The lowest BCUT2D eigenvalue weighted by Gasteiger charge is -2.12. The van der Waals surface area contributed by atoms with Gasteiger partial charge in [-0.1, -0.05) is 25.1 Å². The van der Waals surface area contributed by atoms with Crippen molar-refractivity contribution in [2.24, 2.45) is 0 Å². The van der Waals surface area contributed by atoms with Gasteiger partial charge < -0.3 is 10.6 Å². The number of aromatic nitrogens is 2. The molecule has 2 heterocycles. The van der Waals surface area contributed by atoms with Crippen LogP contribution in [0.2, 0.25) is 0 Å². The van der Waals surface area contributed by atoms with Crippen LogP contribution in [-0.4, -0.2) is 22.4 Å². The Morgan fingerprint density at radius 2 is 1.85 bits per heavy atom. The summed E-state index contributed by atoms with van der Waals surface area (Å²) in [6.07, 6.45) is 6.08. The van der Waals surface area contributed by atoms with E-state index in [1.807, 2.05) is 12.1 Å². The number of para-hydroxylation sites is 1. The lowest BCUT2D eigenvalue weighted by atomic mass is 10.2. The summed E-state index contributed by atoms with van der Waals surface area (Å²) in [6.45, 7) is 3.08. The third-order valence-electron chi connectivity index (χ3n) is 3.90. The summed E-state index contributed by atoms with van der Waals surface area (Å²) in [7, 11) is 0. The highest BCUT2D eigenvalue weighted by atomic mass is 32.2. The minimum atomic E-state index is -0.172. The molecule has 0 saturated heterocycles. The van der Waals surface area contributed by atoms with E-state index in [-0.39, 0.29) is 5.91 Å². The summed E-state index contributed by atoms with van der Waals surface area (Å²) in [5.74, 6) is 0.564. The Morgan fingerprint density at radius 3 is 2.67 bits per heavy atom. The third-order valence-corrected chi connectivity index (χ3v) is 4.96. The van der Waals surface area contributed by atoms with E-state index in [0.29, 0.717) is 16.3 Å². The van der Waals surface area contributed by atoms with Crippen LogP contribution >= 0.6 is 11.8 Å². The summed E-state index contributed by atoms with van der Waals surface area (Å²) >= 11 is 1.56. The lowest BCUT2D eigenvalue weighted by molar-refractivity contribution is 0.102. The molecule has 0 aliphatic rings. The van der Waals surface area contributed by atoms with E-state index in [0.717, 1.165) is 24.4 Å². The molecule has 0 fully saturated rings. The van der Waals surface area contributed by atoms with E-state index in [1.54, 1.807) is 54.6 Å². The standard InChI is InChI=1S/C21H22N4OS/c1-2-11-23-19-8-4-3-6-16(19)15-27-21-18(7-5-12-24-21)20(26)25-17-9-13-22-14-10-17/h3-10,12-14,23H,2,11,15H2,1H3,(H,22,25,26). The first-order valence-corrected chi connectivity index (χ1v) is 9.87. The number of hydrogen-bond acceptors (Lipinski definition) is 5. The van der Waals surface area contributed by atoms with Gasteiger partial charge in [-0.3, -0.25) is 9.78 Å². The van der Waals surface area contributed by atoms with E-state index in [1.165, 1.54) is 5.56 Å². The molecule has 27 heavy (non-hydrogen) atoms. The van der Waals surface area contributed by atoms with Gasteiger partial charge in [-0.2, -0.15) is 0 Å². The number of thioether (sulfide) groups is 1. The fourth-order valence-electron chi connectivity index (χ4n) is 2.54. The average Bonchev–Trinajstić information content (AvgIpc) is 2.72. The Bertz CT molecular complexity index is 886. The molecule has 138 valence electrons. The van der Waals surface area contributed by atoms with Crippen LogP contribution in [-0.2, 0) is 5.75 Å². The number of nitrogens with one attached hydrogen (secondary N) is 2. The van der Waals surface area contributed by atoms with Gasteiger partial charge in [-0.25, -0.2) is 4.98 Å². The number of rotatable bonds is 8. The Hall–Kier alpha value is -2.86. The monoisotopic (exact) mass is 378 g/mol. The minimum Gasteiger partial charge on any atom is -0.385 e. The molecular weight excluding hydrogens is 356 g/mol. The van der Waals surface area contributed by atoms with E-state index < -0.39 is 0 Å². The maximum atomic E-state index is 12.7. The average molecular weight is 379 g/mol.